The fourth-order valence-corrected chi connectivity index (χ4v) is 2.26. The summed E-state index contributed by atoms with van der Waals surface area (Å²) >= 11 is 0. The van der Waals surface area contributed by atoms with Gasteiger partial charge in [-0.25, -0.2) is 0 Å². The second kappa shape index (κ2) is 6.15. The van der Waals surface area contributed by atoms with E-state index in [-0.39, 0.29) is 6.10 Å². The minimum Gasteiger partial charge on any atom is -0.371 e. The van der Waals surface area contributed by atoms with E-state index in [1.54, 1.807) is 0 Å². The molecule has 0 aliphatic carbocycles. The second-order valence-electron chi connectivity index (χ2n) is 4.54. The Morgan fingerprint density at radius 3 is 2.76 bits per heavy atom. The number of hydrogen-bond acceptors (Lipinski definition) is 3. The fraction of sp³-hybridized carbons (Fsp3) is 0.571. The lowest BCUT2D eigenvalue weighted by molar-refractivity contribution is -0.0288. The molecular weight excluding hydrogens is 212 g/mol. The molecule has 0 bridgehead atoms. The normalized spacial score (nSPS) is 21.6. The van der Waals surface area contributed by atoms with E-state index < -0.39 is 0 Å². The third-order valence-corrected chi connectivity index (χ3v) is 3.36. The highest BCUT2D eigenvalue weighted by atomic mass is 16.5. The molecule has 1 saturated heterocycles. The van der Waals surface area contributed by atoms with Gasteiger partial charge in [0.1, 0.15) is 0 Å². The van der Waals surface area contributed by atoms with Crippen molar-refractivity contribution in [2.24, 2.45) is 5.73 Å². The van der Waals surface area contributed by atoms with E-state index in [9.17, 15) is 0 Å². The molecule has 94 valence electrons. The summed E-state index contributed by atoms with van der Waals surface area (Å²) in [5.74, 6) is 0. The van der Waals surface area contributed by atoms with Gasteiger partial charge in [-0.2, -0.15) is 0 Å². The maximum Gasteiger partial charge on any atom is 0.0952 e. The lowest BCUT2D eigenvalue weighted by Crippen LogP contribution is -2.40. The van der Waals surface area contributed by atoms with Crippen LogP contribution in [-0.4, -0.2) is 37.7 Å². The topological polar surface area (TPSA) is 38.5 Å². The first kappa shape index (κ1) is 12.6. The van der Waals surface area contributed by atoms with Crippen LogP contribution in [0.25, 0.3) is 0 Å². The molecule has 1 aliphatic rings. The van der Waals surface area contributed by atoms with Gasteiger partial charge in [-0.3, -0.25) is 4.90 Å². The van der Waals surface area contributed by atoms with Crippen molar-refractivity contribution in [1.29, 1.82) is 0 Å². The molecule has 2 rings (SSSR count). The van der Waals surface area contributed by atoms with Crippen molar-refractivity contribution in [3.05, 3.63) is 35.4 Å². The molecule has 0 amide bonds. The van der Waals surface area contributed by atoms with Crippen LogP contribution in [0.1, 0.15) is 24.2 Å². The molecule has 3 nitrogen and oxygen atoms in total. The zero-order valence-electron chi connectivity index (χ0n) is 10.6. The van der Waals surface area contributed by atoms with Crippen LogP contribution >= 0.6 is 0 Å². The summed E-state index contributed by atoms with van der Waals surface area (Å²) in [6.45, 7) is 6.63. The minimum absolute atomic E-state index is 0.209. The van der Waals surface area contributed by atoms with E-state index in [4.69, 9.17) is 10.5 Å². The molecule has 1 atom stereocenters. The maximum atomic E-state index is 5.83. The molecule has 1 aliphatic heterocycles. The van der Waals surface area contributed by atoms with E-state index in [1.807, 2.05) is 0 Å². The number of hydrogen-bond donors (Lipinski definition) is 1. The maximum absolute atomic E-state index is 5.83. The zero-order chi connectivity index (χ0) is 12.1. The largest absolute Gasteiger partial charge is 0.371 e. The van der Waals surface area contributed by atoms with E-state index in [0.29, 0.717) is 0 Å². The number of rotatable bonds is 4. The van der Waals surface area contributed by atoms with Crippen molar-refractivity contribution in [2.45, 2.75) is 19.4 Å². The molecule has 17 heavy (non-hydrogen) atoms. The van der Waals surface area contributed by atoms with Gasteiger partial charge in [-0.05, 0) is 17.5 Å². The molecule has 1 aromatic rings. The SMILES string of the molecule is CCc1ccc(C2CN(CCN)CCO2)cc1. The highest BCUT2D eigenvalue weighted by molar-refractivity contribution is 5.24. The molecule has 0 spiro atoms. The van der Waals surface area contributed by atoms with Crippen molar-refractivity contribution in [3.63, 3.8) is 0 Å². The Hall–Kier alpha value is -0.900. The molecular formula is C14H22N2O. The monoisotopic (exact) mass is 234 g/mol. The molecule has 1 heterocycles. The molecule has 0 radical (unpaired) electrons. The van der Waals surface area contributed by atoms with Crippen LogP contribution in [0.2, 0.25) is 0 Å². The number of nitrogens with two attached hydrogens (primary N) is 1. The summed E-state index contributed by atoms with van der Waals surface area (Å²) in [6.07, 6.45) is 1.30. The summed E-state index contributed by atoms with van der Waals surface area (Å²) in [6, 6.07) is 8.77. The van der Waals surface area contributed by atoms with Crippen LogP contribution in [0.3, 0.4) is 0 Å². The second-order valence-corrected chi connectivity index (χ2v) is 4.54. The van der Waals surface area contributed by atoms with E-state index in [0.717, 1.165) is 39.2 Å². The van der Waals surface area contributed by atoms with Gasteiger partial charge in [0, 0.05) is 26.2 Å². The van der Waals surface area contributed by atoms with Crippen molar-refractivity contribution in [3.8, 4) is 0 Å². The molecule has 3 heteroatoms. The van der Waals surface area contributed by atoms with Gasteiger partial charge in [-0.1, -0.05) is 31.2 Å². The van der Waals surface area contributed by atoms with Gasteiger partial charge in [0.05, 0.1) is 12.7 Å². The number of benzene rings is 1. The highest BCUT2D eigenvalue weighted by Gasteiger charge is 2.21. The quantitative estimate of drug-likeness (QED) is 0.859. The van der Waals surface area contributed by atoms with Crippen LogP contribution < -0.4 is 5.73 Å². The fourth-order valence-electron chi connectivity index (χ4n) is 2.26. The van der Waals surface area contributed by atoms with Crippen molar-refractivity contribution < 1.29 is 4.74 Å². The number of aryl methyl sites for hydroxylation is 1. The minimum atomic E-state index is 0.209. The predicted octanol–water partition coefficient (Wildman–Crippen LogP) is 1.58. The average Bonchev–Trinajstić information content (AvgIpc) is 2.40. The van der Waals surface area contributed by atoms with E-state index in [1.165, 1.54) is 11.1 Å². The van der Waals surface area contributed by atoms with Crippen LogP contribution in [-0.2, 0) is 11.2 Å². The van der Waals surface area contributed by atoms with Gasteiger partial charge < -0.3 is 10.5 Å². The van der Waals surface area contributed by atoms with Crippen molar-refractivity contribution in [1.82, 2.24) is 4.90 Å². The molecule has 2 N–H and O–H groups in total. The molecule has 1 unspecified atom stereocenters. The number of morpholine rings is 1. The van der Waals surface area contributed by atoms with Gasteiger partial charge in [0.2, 0.25) is 0 Å². The van der Waals surface area contributed by atoms with Crippen LogP contribution in [0.4, 0.5) is 0 Å². The third-order valence-electron chi connectivity index (χ3n) is 3.36. The Balaban J connectivity index is 2.00. The Kier molecular flexibility index (Phi) is 4.54. The summed E-state index contributed by atoms with van der Waals surface area (Å²) in [7, 11) is 0. The Morgan fingerprint density at radius 2 is 2.12 bits per heavy atom. The lowest BCUT2D eigenvalue weighted by atomic mass is 10.0. The first-order valence-electron chi connectivity index (χ1n) is 6.46. The predicted molar refractivity (Wildman–Crippen MR) is 70.0 cm³/mol. The Bertz CT molecular complexity index is 335. The zero-order valence-corrected chi connectivity index (χ0v) is 10.6. The van der Waals surface area contributed by atoms with Crippen LogP contribution in [0.15, 0.2) is 24.3 Å². The van der Waals surface area contributed by atoms with E-state index in [2.05, 4.69) is 36.1 Å². The third kappa shape index (κ3) is 3.28. The first-order valence-corrected chi connectivity index (χ1v) is 6.46. The summed E-state index contributed by atoms with van der Waals surface area (Å²) < 4.78 is 5.83. The summed E-state index contributed by atoms with van der Waals surface area (Å²) in [4.78, 5) is 2.38. The lowest BCUT2D eigenvalue weighted by Gasteiger charge is -2.32. The number of ether oxygens (including phenoxy) is 1. The first-order chi connectivity index (χ1) is 8.33. The molecule has 0 saturated carbocycles. The average molecular weight is 234 g/mol. The standard InChI is InChI=1S/C14H22N2O/c1-2-12-3-5-13(6-4-12)14-11-16(8-7-15)9-10-17-14/h3-6,14H,2,7-11,15H2,1H3. The molecule has 1 aromatic carbocycles. The van der Waals surface area contributed by atoms with Crippen molar-refractivity contribution >= 4 is 0 Å². The summed E-state index contributed by atoms with van der Waals surface area (Å²) in [5, 5.41) is 0. The van der Waals surface area contributed by atoms with Gasteiger partial charge in [0.25, 0.3) is 0 Å². The highest BCUT2D eigenvalue weighted by Crippen LogP contribution is 2.22. The smallest absolute Gasteiger partial charge is 0.0952 e. The molecule has 0 aromatic heterocycles. The van der Waals surface area contributed by atoms with Crippen LogP contribution in [0.5, 0.6) is 0 Å². The number of nitrogens with zero attached hydrogens (tertiary/aromatic N) is 1. The Labute approximate surface area is 104 Å². The van der Waals surface area contributed by atoms with Crippen molar-refractivity contribution in [2.75, 3.05) is 32.8 Å². The van der Waals surface area contributed by atoms with Crippen LogP contribution in [0, 0.1) is 0 Å². The summed E-state index contributed by atoms with van der Waals surface area (Å²) in [5.41, 5.74) is 8.26. The van der Waals surface area contributed by atoms with Gasteiger partial charge >= 0.3 is 0 Å². The Morgan fingerprint density at radius 1 is 1.35 bits per heavy atom. The van der Waals surface area contributed by atoms with E-state index >= 15 is 0 Å². The van der Waals surface area contributed by atoms with Gasteiger partial charge in [0.15, 0.2) is 0 Å². The molecule has 1 fully saturated rings. The van der Waals surface area contributed by atoms with Gasteiger partial charge in [-0.15, -0.1) is 0 Å².